The predicted molar refractivity (Wildman–Crippen MR) is 45.2 cm³/mol. The van der Waals surface area contributed by atoms with E-state index in [4.69, 9.17) is 0 Å². The lowest BCUT2D eigenvalue weighted by molar-refractivity contribution is -0.135. The monoisotopic (exact) mass is 192 g/mol. The van der Waals surface area contributed by atoms with Crippen LogP contribution >= 0.6 is 0 Å². The van der Waals surface area contributed by atoms with Crippen molar-refractivity contribution in [2.75, 3.05) is 11.7 Å². The van der Waals surface area contributed by atoms with Gasteiger partial charge in [0, 0.05) is 6.08 Å². The Kier molecular flexibility index (Phi) is 4.58. The fraction of sp³-hybridized carbons (Fsp3) is 0.571. The van der Waals surface area contributed by atoms with Crippen molar-refractivity contribution in [3.8, 4) is 0 Å². The summed E-state index contributed by atoms with van der Waals surface area (Å²) in [6.07, 6.45) is 1.45. The van der Waals surface area contributed by atoms with Crippen LogP contribution in [-0.4, -0.2) is 26.1 Å². The van der Waals surface area contributed by atoms with Crippen LogP contribution in [0.3, 0.4) is 0 Å². The first-order valence-corrected chi connectivity index (χ1v) is 5.33. The highest BCUT2D eigenvalue weighted by molar-refractivity contribution is 7.91. The van der Waals surface area contributed by atoms with E-state index >= 15 is 0 Å². The second kappa shape index (κ2) is 4.92. The van der Waals surface area contributed by atoms with Crippen molar-refractivity contribution < 1.29 is 17.9 Å². The maximum Gasteiger partial charge on any atom is 0.331 e. The molecule has 0 bridgehead atoms. The molecular formula is C7H12O4S. The van der Waals surface area contributed by atoms with Gasteiger partial charge in [-0.1, -0.05) is 13.5 Å². The number of esters is 1. The smallest absolute Gasteiger partial charge is 0.331 e. The van der Waals surface area contributed by atoms with E-state index in [1.54, 1.807) is 6.92 Å². The predicted octanol–water partition coefficient (Wildman–Crippen LogP) is 0.498. The van der Waals surface area contributed by atoms with Gasteiger partial charge in [0.25, 0.3) is 0 Å². The number of hydrogen-bond acceptors (Lipinski definition) is 4. The molecule has 0 radical (unpaired) electrons. The molecule has 0 N–H and O–H groups in total. The maximum absolute atomic E-state index is 10.9. The van der Waals surface area contributed by atoms with Crippen LogP contribution in [0.25, 0.3) is 0 Å². The minimum absolute atomic E-state index is 0.0391. The van der Waals surface area contributed by atoms with Crippen LogP contribution in [0.1, 0.15) is 13.3 Å². The molecule has 0 saturated carbocycles. The van der Waals surface area contributed by atoms with Gasteiger partial charge in [0.05, 0.1) is 5.75 Å². The number of rotatable bonds is 5. The molecule has 0 saturated heterocycles. The Morgan fingerprint density at radius 3 is 2.58 bits per heavy atom. The Morgan fingerprint density at radius 1 is 1.58 bits per heavy atom. The van der Waals surface area contributed by atoms with E-state index in [0.717, 1.165) is 6.08 Å². The number of ether oxygens (including phenoxy) is 1. The molecular weight excluding hydrogens is 180 g/mol. The molecule has 0 amide bonds. The summed E-state index contributed by atoms with van der Waals surface area (Å²) in [4.78, 5) is 10.5. The third-order valence-corrected chi connectivity index (χ3v) is 2.57. The normalized spacial score (nSPS) is 10.8. The first kappa shape index (κ1) is 11.2. The van der Waals surface area contributed by atoms with E-state index in [9.17, 15) is 13.2 Å². The molecule has 0 aliphatic heterocycles. The van der Waals surface area contributed by atoms with Crippen LogP contribution in [0.5, 0.6) is 0 Å². The van der Waals surface area contributed by atoms with E-state index in [1.165, 1.54) is 0 Å². The van der Waals surface area contributed by atoms with Crippen molar-refractivity contribution in [1.82, 2.24) is 0 Å². The van der Waals surface area contributed by atoms with E-state index < -0.39 is 21.7 Å². The van der Waals surface area contributed by atoms with Crippen molar-refractivity contribution in [2.45, 2.75) is 13.3 Å². The SMILES string of the molecule is C=CC(=O)OCS(=O)(=O)CCC. The largest absolute Gasteiger partial charge is 0.446 e. The molecule has 70 valence electrons. The number of carbonyl (C=O) groups is 1. The Bertz CT molecular complexity index is 253. The van der Waals surface area contributed by atoms with Gasteiger partial charge >= 0.3 is 5.97 Å². The Labute approximate surface area is 72.1 Å². The van der Waals surface area contributed by atoms with Gasteiger partial charge in [-0.25, -0.2) is 13.2 Å². The molecule has 0 spiro atoms. The molecule has 0 heterocycles. The molecule has 0 aromatic carbocycles. The quantitative estimate of drug-likeness (QED) is 0.470. The zero-order valence-corrected chi connectivity index (χ0v) is 7.76. The number of carbonyl (C=O) groups excluding carboxylic acids is 1. The summed E-state index contributed by atoms with van der Waals surface area (Å²) < 4.78 is 26.2. The highest BCUT2D eigenvalue weighted by Crippen LogP contribution is 1.94. The average Bonchev–Trinajstić information content (AvgIpc) is 2.00. The van der Waals surface area contributed by atoms with Gasteiger partial charge in [-0.05, 0) is 6.42 Å². The lowest BCUT2D eigenvalue weighted by Crippen LogP contribution is -2.15. The van der Waals surface area contributed by atoms with Gasteiger partial charge < -0.3 is 4.74 Å². The Balaban J connectivity index is 3.92. The van der Waals surface area contributed by atoms with Crippen LogP contribution in [-0.2, 0) is 19.4 Å². The van der Waals surface area contributed by atoms with Crippen molar-refractivity contribution in [3.63, 3.8) is 0 Å². The fourth-order valence-electron chi connectivity index (χ4n) is 0.577. The summed E-state index contributed by atoms with van der Waals surface area (Å²) in [6.45, 7) is 4.88. The standard InChI is InChI=1S/C7H12O4S/c1-3-5-12(9,10)6-11-7(8)4-2/h4H,2-3,5-6H2,1H3. The van der Waals surface area contributed by atoms with Crippen LogP contribution in [0.4, 0.5) is 0 Å². The van der Waals surface area contributed by atoms with Gasteiger partial charge in [-0.2, -0.15) is 0 Å². The molecule has 0 rings (SSSR count). The van der Waals surface area contributed by atoms with E-state index in [-0.39, 0.29) is 5.75 Å². The molecule has 0 unspecified atom stereocenters. The zero-order valence-electron chi connectivity index (χ0n) is 6.95. The van der Waals surface area contributed by atoms with Crippen molar-refractivity contribution in [1.29, 1.82) is 0 Å². The summed E-state index contributed by atoms with van der Waals surface area (Å²) in [5, 5.41) is 0. The van der Waals surface area contributed by atoms with Gasteiger partial charge in [0.1, 0.15) is 0 Å². The molecule has 0 aliphatic rings. The second-order valence-corrected chi connectivity index (χ2v) is 4.36. The lowest BCUT2D eigenvalue weighted by Gasteiger charge is -2.01. The topological polar surface area (TPSA) is 60.4 Å². The highest BCUT2D eigenvalue weighted by Gasteiger charge is 2.10. The van der Waals surface area contributed by atoms with E-state index in [1.807, 2.05) is 0 Å². The first-order chi connectivity index (χ1) is 5.52. The van der Waals surface area contributed by atoms with Crippen LogP contribution in [0.2, 0.25) is 0 Å². The van der Waals surface area contributed by atoms with Crippen LogP contribution in [0, 0.1) is 0 Å². The minimum atomic E-state index is -3.23. The summed E-state index contributed by atoms with van der Waals surface area (Å²) in [5.41, 5.74) is 0. The summed E-state index contributed by atoms with van der Waals surface area (Å²) >= 11 is 0. The third-order valence-electron chi connectivity index (χ3n) is 1.06. The molecule has 0 fully saturated rings. The lowest BCUT2D eigenvalue weighted by atomic mass is 10.6. The second-order valence-electron chi connectivity index (χ2n) is 2.23. The molecule has 0 aliphatic carbocycles. The molecule has 5 heteroatoms. The van der Waals surface area contributed by atoms with Crippen LogP contribution in [0.15, 0.2) is 12.7 Å². The average molecular weight is 192 g/mol. The van der Waals surface area contributed by atoms with Crippen molar-refractivity contribution >= 4 is 15.8 Å². The Hall–Kier alpha value is -0.840. The van der Waals surface area contributed by atoms with Gasteiger partial charge in [0.2, 0.25) is 0 Å². The number of hydrogen-bond donors (Lipinski definition) is 0. The molecule has 0 aromatic heterocycles. The van der Waals surface area contributed by atoms with Crippen LogP contribution < -0.4 is 0 Å². The van der Waals surface area contributed by atoms with Crippen molar-refractivity contribution in [2.24, 2.45) is 0 Å². The van der Waals surface area contributed by atoms with Gasteiger partial charge in [-0.15, -0.1) is 0 Å². The van der Waals surface area contributed by atoms with Crippen molar-refractivity contribution in [3.05, 3.63) is 12.7 Å². The first-order valence-electron chi connectivity index (χ1n) is 3.51. The van der Waals surface area contributed by atoms with Gasteiger partial charge in [-0.3, -0.25) is 0 Å². The zero-order chi connectivity index (χ0) is 9.61. The number of sulfone groups is 1. The summed E-state index contributed by atoms with van der Waals surface area (Å²) in [5.74, 6) is -1.22. The summed E-state index contributed by atoms with van der Waals surface area (Å²) in [7, 11) is -3.23. The molecule has 12 heavy (non-hydrogen) atoms. The van der Waals surface area contributed by atoms with Gasteiger partial charge in [0.15, 0.2) is 15.8 Å². The molecule has 0 aromatic rings. The fourth-order valence-corrected chi connectivity index (χ4v) is 1.61. The third kappa shape index (κ3) is 4.90. The van der Waals surface area contributed by atoms with E-state index in [2.05, 4.69) is 11.3 Å². The highest BCUT2D eigenvalue weighted by atomic mass is 32.2. The van der Waals surface area contributed by atoms with E-state index in [0.29, 0.717) is 6.42 Å². The minimum Gasteiger partial charge on any atom is -0.446 e. The molecule has 4 nitrogen and oxygen atoms in total. The summed E-state index contributed by atoms with van der Waals surface area (Å²) in [6, 6.07) is 0. The maximum atomic E-state index is 10.9. The molecule has 0 atom stereocenters. The Morgan fingerprint density at radius 2 is 2.17 bits per heavy atom.